The van der Waals surface area contributed by atoms with Gasteiger partial charge in [-0.3, -0.25) is 9.56 Å². The van der Waals surface area contributed by atoms with Crippen molar-refractivity contribution in [3.8, 4) is 11.4 Å². The lowest BCUT2D eigenvalue weighted by atomic mass is 9.96. The molecule has 0 fully saturated rings. The van der Waals surface area contributed by atoms with Gasteiger partial charge < -0.3 is 9.64 Å². The number of halogens is 1. The lowest BCUT2D eigenvalue weighted by Crippen LogP contribution is -2.24. The smallest absolute Gasteiger partial charge is 0.159 e. The fourth-order valence-corrected chi connectivity index (χ4v) is 4.62. The number of aliphatic imine (C=N–C) groups is 1. The highest BCUT2D eigenvalue weighted by Crippen LogP contribution is 2.33. The zero-order chi connectivity index (χ0) is 23.7. The highest BCUT2D eigenvalue weighted by Gasteiger charge is 2.28. The summed E-state index contributed by atoms with van der Waals surface area (Å²) in [4.78, 5) is 7.12. The monoisotopic (exact) mass is 471 g/mol. The van der Waals surface area contributed by atoms with Crippen LogP contribution < -0.4 is 4.74 Å². The van der Waals surface area contributed by atoms with Gasteiger partial charge in [0.2, 0.25) is 0 Å². The average Bonchev–Trinajstić information content (AvgIpc) is 3.19. The predicted octanol–water partition coefficient (Wildman–Crippen LogP) is 4.97. The molecule has 6 nitrogen and oxygen atoms in total. The van der Waals surface area contributed by atoms with Crippen LogP contribution in [0.25, 0.3) is 5.69 Å². The molecule has 0 spiro atoms. The lowest BCUT2D eigenvalue weighted by molar-refractivity contribution is 0.382. The molecule has 0 amide bonds. The van der Waals surface area contributed by atoms with Crippen molar-refractivity contribution >= 4 is 17.3 Å². The Bertz CT molecular complexity index is 1350. The summed E-state index contributed by atoms with van der Waals surface area (Å²) in [6, 6.07) is 24.3. The number of methoxy groups -OCH3 is 1. The summed E-state index contributed by atoms with van der Waals surface area (Å²) in [6.45, 7) is 1.19. The van der Waals surface area contributed by atoms with Gasteiger partial charge in [-0.15, -0.1) is 10.2 Å². The minimum atomic E-state index is -0.0202. The fraction of sp³-hybridized carbons (Fsp3) is 0.222. The molecule has 0 bridgehead atoms. The van der Waals surface area contributed by atoms with E-state index in [9.17, 15) is 0 Å². The molecule has 1 aliphatic rings. The van der Waals surface area contributed by atoms with Crippen molar-refractivity contribution in [3.05, 3.63) is 106 Å². The van der Waals surface area contributed by atoms with E-state index in [2.05, 4.69) is 58.0 Å². The van der Waals surface area contributed by atoms with Crippen molar-refractivity contribution in [3.63, 3.8) is 0 Å². The van der Waals surface area contributed by atoms with E-state index in [1.807, 2.05) is 48.5 Å². The summed E-state index contributed by atoms with van der Waals surface area (Å²) in [5.74, 6) is 2.47. The molecule has 1 aromatic heterocycles. The molecule has 172 valence electrons. The number of hydrogen-bond acceptors (Lipinski definition) is 5. The third-order valence-electron chi connectivity index (χ3n) is 5.99. The number of likely N-dealkylation sites (N-methyl/N-ethyl adjacent to an activating group) is 1. The van der Waals surface area contributed by atoms with Crippen molar-refractivity contribution in [1.29, 1.82) is 0 Å². The summed E-state index contributed by atoms with van der Waals surface area (Å²) in [5.41, 5.74) is 5.01. The third-order valence-corrected chi connectivity index (χ3v) is 6.23. The van der Waals surface area contributed by atoms with E-state index in [4.69, 9.17) is 21.3 Å². The molecule has 2 heterocycles. The number of nitrogens with zero attached hydrogens (tertiary/aromatic N) is 5. The second kappa shape index (κ2) is 9.41. The van der Waals surface area contributed by atoms with Crippen LogP contribution in [0.5, 0.6) is 5.75 Å². The molecule has 1 unspecified atom stereocenters. The van der Waals surface area contributed by atoms with E-state index < -0.39 is 0 Å². The summed E-state index contributed by atoms with van der Waals surface area (Å²) < 4.78 is 7.65. The molecular formula is C27H26ClN5O. The van der Waals surface area contributed by atoms with Gasteiger partial charge >= 0.3 is 0 Å². The third kappa shape index (κ3) is 4.22. The van der Waals surface area contributed by atoms with Crippen LogP contribution in [0.4, 0.5) is 0 Å². The molecule has 5 rings (SSSR count). The molecule has 1 atom stereocenters. The number of ether oxygens (including phenoxy) is 1. The molecule has 1 aliphatic heterocycles. The Balaban J connectivity index is 1.70. The first-order chi connectivity index (χ1) is 16.5. The van der Waals surface area contributed by atoms with Crippen molar-refractivity contribution < 1.29 is 4.74 Å². The Kier molecular flexibility index (Phi) is 6.18. The first kappa shape index (κ1) is 22.3. The SMILES string of the molecule is COc1cccc(C(CN(C)C)c2nnc3n2-c2ccc(Cl)cc2C(c2ccccc2)=NC3)c1. The van der Waals surface area contributed by atoms with E-state index in [-0.39, 0.29) is 5.92 Å². The van der Waals surface area contributed by atoms with Crippen LogP contribution in [0.15, 0.2) is 77.8 Å². The van der Waals surface area contributed by atoms with Gasteiger partial charge in [-0.05, 0) is 50.0 Å². The molecule has 7 heteroatoms. The van der Waals surface area contributed by atoms with E-state index >= 15 is 0 Å². The number of benzene rings is 3. The zero-order valence-corrected chi connectivity index (χ0v) is 20.2. The van der Waals surface area contributed by atoms with Crippen molar-refractivity contribution in [2.45, 2.75) is 12.5 Å². The minimum absolute atomic E-state index is 0.0202. The van der Waals surface area contributed by atoms with Gasteiger partial charge in [0, 0.05) is 22.7 Å². The van der Waals surface area contributed by atoms with Gasteiger partial charge in [0.25, 0.3) is 0 Å². The summed E-state index contributed by atoms with van der Waals surface area (Å²) in [6.07, 6.45) is 0. The fourth-order valence-electron chi connectivity index (χ4n) is 4.45. The second-order valence-corrected chi connectivity index (χ2v) is 9.03. The molecule has 0 saturated carbocycles. The van der Waals surface area contributed by atoms with Gasteiger partial charge in [0.05, 0.1) is 24.4 Å². The van der Waals surface area contributed by atoms with Crippen molar-refractivity contribution in [1.82, 2.24) is 19.7 Å². The van der Waals surface area contributed by atoms with E-state index in [0.29, 0.717) is 11.6 Å². The average molecular weight is 472 g/mol. The maximum Gasteiger partial charge on any atom is 0.159 e. The van der Waals surface area contributed by atoms with Crippen LogP contribution in [0.3, 0.4) is 0 Å². The molecule has 3 aromatic carbocycles. The van der Waals surface area contributed by atoms with Crippen LogP contribution in [0.1, 0.15) is 34.3 Å². The van der Waals surface area contributed by atoms with Crippen molar-refractivity contribution in [2.75, 3.05) is 27.7 Å². The first-order valence-electron chi connectivity index (χ1n) is 11.2. The number of hydrogen-bond donors (Lipinski definition) is 0. The minimum Gasteiger partial charge on any atom is -0.497 e. The van der Waals surface area contributed by atoms with E-state index in [1.54, 1.807) is 7.11 Å². The van der Waals surface area contributed by atoms with E-state index in [1.165, 1.54) is 0 Å². The van der Waals surface area contributed by atoms with Crippen LogP contribution in [-0.2, 0) is 6.54 Å². The highest BCUT2D eigenvalue weighted by atomic mass is 35.5. The summed E-state index contributed by atoms with van der Waals surface area (Å²) in [5, 5.41) is 9.94. The predicted molar refractivity (Wildman–Crippen MR) is 136 cm³/mol. The Labute approximate surface area is 204 Å². The Hall–Kier alpha value is -3.48. The maximum absolute atomic E-state index is 6.47. The van der Waals surface area contributed by atoms with Crippen LogP contribution in [-0.4, -0.2) is 53.1 Å². The standard InChI is InChI=1S/C27H26ClN5O/c1-32(2)17-23(19-10-7-11-21(14-19)34-3)27-31-30-25-16-29-26(18-8-5-4-6-9-18)22-15-20(28)12-13-24(22)33(25)27/h4-15,23H,16-17H2,1-3H3. The van der Waals surface area contributed by atoms with Gasteiger partial charge in [-0.2, -0.15) is 0 Å². The topological polar surface area (TPSA) is 55.5 Å². The van der Waals surface area contributed by atoms with Gasteiger partial charge in [-0.25, -0.2) is 0 Å². The molecule has 4 aromatic rings. The first-order valence-corrected chi connectivity index (χ1v) is 11.6. The zero-order valence-electron chi connectivity index (χ0n) is 19.4. The van der Waals surface area contributed by atoms with Gasteiger partial charge in [0.1, 0.15) is 18.1 Å². The summed E-state index contributed by atoms with van der Waals surface area (Å²) >= 11 is 6.47. The maximum atomic E-state index is 6.47. The Morgan fingerprint density at radius 2 is 1.82 bits per heavy atom. The Morgan fingerprint density at radius 3 is 2.59 bits per heavy atom. The molecule has 0 aliphatic carbocycles. The largest absolute Gasteiger partial charge is 0.497 e. The number of rotatable bonds is 6. The Morgan fingerprint density at radius 1 is 1.00 bits per heavy atom. The number of aromatic nitrogens is 3. The van der Waals surface area contributed by atoms with Crippen LogP contribution in [0, 0.1) is 0 Å². The highest BCUT2D eigenvalue weighted by molar-refractivity contribution is 6.31. The van der Waals surface area contributed by atoms with Crippen molar-refractivity contribution in [2.24, 2.45) is 4.99 Å². The number of fused-ring (bicyclic) bond motifs is 3. The van der Waals surface area contributed by atoms with Gasteiger partial charge in [0.15, 0.2) is 5.82 Å². The summed E-state index contributed by atoms with van der Waals surface area (Å²) in [7, 11) is 5.82. The van der Waals surface area contributed by atoms with Gasteiger partial charge in [-0.1, -0.05) is 54.1 Å². The second-order valence-electron chi connectivity index (χ2n) is 8.59. The molecule has 34 heavy (non-hydrogen) atoms. The van der Waals surface area contributed by atoms with E-state index in [0.717, 1.165) is 52.0 Å². The molecule has 0 saturated heterocycles. The quantitative estimate of drug-likeness (QED) is 0.398. The molecular weight excluding hydrogens is 446 g/mol. The lowest BCUT2D eigenvalue weighted by Gasteiger charge is -2.23. The van der Waals surface area contributed by atoms with Crippen LogP contribution >= 0.6 is 11.6 Å². The molecule has 0 radical (unpaired) electrons. The van der Waals surface area contributed by atoms with Crippen LogP contribution in [0.2, 0.25) is 5.02 Å². The molecule has 0 N–H and O–H groups in total. The normalized spacial score (nSPS) is 13.6.